The van der Waals surface area contributed by atoms with Crippen LogP contribution in [-0.2, 0) is 6.42 Å². The summed E-state index contributed by atoms with van der Waals surface area (Å²) in [6.07, 6.45) is 3.49. The quantitative estimate of drug-likeness (QED) is 0.792. The third-order valence-corrected chi connectivity index (χ3v) is 4.52. The summed E-state index contributed by atoms with van der Waals surface area (Å²) >= 11 is 0. The van der Waals surface area contributed by atoms with Crippen LogP contribution in [0, 0.1) is 0 Å². The molecule has 0 amide bonds. The van der Waals surface area contributed by atoms with Crippen molar-refractivity contribution in [2.24, 2.45) is 0 Å². The topological polar surface area (TPSA) is 24.5 Å². The summed E-state index contributed by atoms with van der Waals surface area (Å²) in [6.45, 7) is 3.34. The number of ether oxygens (including phenoxy) is 1. The molecule has 1 fully saturated rings. The Bertz CT molecular complexity index is 600. The van der Waals surface area contributed by atoms with E-state index in [1.807, 2.05) is 6.07 Å². The molecule has 1 atom stereocenters. The highest BCUT2D eigenvalue weighted by Crippen LogP contribution is 2.19. The van der Waals surface area contributed by atoms with Crippen LogP contribution >= 0.6 is 0 Å². The minimum Gasteiger partial charge on any atom is -0.497 e. The van der Waals surface area contributed by atoms with Gasteiger partial charge in [-0.2, -0.15) is 0 Å². The van der Waals surface area contributed by atoms with Crippen molar-refractivity contribution in [1.82, 2.24) is 5.32 Å². The van der Waals surface area contributed by atoms with Crippen molar-refractivity contribution in [3.8, 4) is 5.75 Å². The minimum absolute atomic E-state index is 0.612. The molecule has 0 radical (unpaired) electrons. The van der Waals surface area contributed by atoms with E-state index in [9.17, 15) is 0 Å². The summed E-state index contributed by atoms with van der Waals surface area (Å²) in [5, 5.41) is 3.71. The fraction of sp³-hybridized carbons (Fsp3) is 0.400. The average Bonchev–Trinajstić information content (AvgIpc) is 3.09. The zero-order chi connectivity index (χ0) is 15.9. The number of aryl methyl sites for hydroxylation is 1. The molecule has 1 aliphatic heterocycles. The molecule has 2 aromatic rings. The fourth-order valence-electron chi connectivity index (χ4n) is 3.23. The molecule has 23 heavy (non-hydrogen) atoms. The van der Waals surface area contributed by atoms with E-state index >= 15 is 0 Å². The molecule has 3 heteroatoms. The summed E-state index contributed by atoms with van der Waals surface area (Å²) in [6, 6.07) is 19.7. The number of rotatable bonds is 7. The Hall–Kier alpha value is -2.00. The predicted molar refractivity (Wildman–Crippen MR) is 96.4 cm³/mol. The van der Waals surface area contributed by atoms with Crippen LogP contribution in [0.2, 0.25) is 0 Å². The lowest BCUT2D eigenvalue weighted by atomic mass is 10.1. The maximum atomic E-state index is 5.28. The lowest BCUT2D eigenvalue weighted by molar-refractivity contribution is 0.414. The van der Waals surface area contributed by atoms with Gasteiger partial charge in [0, 0.05) is 24.8 Å². The van der Waals surface area contributed by atoms with E-state index in [1.54, 1.807) is 7.11 Å². The number of benzene rings is 2. The van der Waals surface area contributed by atoms with Gasteiger partial charge in [-0.15, -0.1) is 0 Å². The fourth-order valence-corrected chi connectivity index (χ4v) is 3.23. The Morgan fingerprint density at radius 1 is 1.13 bits per heavy atom. The molecule has 3 rings (SSSR count). The Labute approximate surface area is 139 Å². The maximum absolute atomic E-state index is 5.28. The molecule has 1 aliphatic rings. The van der Waals surface area contributed by atoms with Gasteiger partial charge < -0.3 is 15.0 Å². The van der Waals surface area contributed by atoms with Gasteiger partial charge in [-0.05, 0) is 55.6 Å². The highest BCUT2D eigenvalue weighted by atomic mass is 16.5. The second-order valence-corrected chi connectivity index (χ2v) is 6.18. The molecule has 0 bridgehead atoms. The Balaban J connectivity index is 1.38. The summed E-state index contributed by atoms with van der Waals surface area (Å²) in [4.78, 5) is 2.47. The number of hydrogen-bond acceptors (Lipinski definition) is 3. The molecule has 0 spiro atoms. The molecule has 3 nitrogen and oxygen atoms in total. The highest BCUT2D eigenvalue weighted by molar-refractivity contribution is 5.47. The number of methoxy groups -OCH3 is 1. The van der Waals surface area contributed by atoms with Gasteiger partial charge in [-0.25, -0.2) is 0 Å². The van der Waals surface area contributed by atoms with Crippen LogP contribution in [0.1, 0.15) is 18.4 Å². The van der Waals surface area contributed by atoms with E-state index in [0.29, 0.717) is 6.04 Å². The lowest BCUT2D eigenvalue weighted by Crippen LogP contribution is -2.33. The van der Waals surface area contributed by atoms with Crippen molar-refractivity contribution in [1.29, 1.82) is 0 Å². The van der Waals surface area contributed by atoms with Crippen LogP contribution < -0.4 is 15.0 Å². The van der Waals surface area contributed by atoms with E-state index in [1.165, 1.54) is 17.7 Å². The molecule has 0 aliphatic carbocycles. The van der Waals surface area contributed by atoms with Crippen LogP contribution in [0.15, 0.2) is 54.6 Å². The summed E-state index contributed by atoms with van der Waals surface area (Å²) in [5.41, 5.74) is 2.69. The average molecular weight is 310 g/mol. The van der Waals surface area contributed by atoms with Crippen LogP contribution in [0.5, 0.6) is 5.75 Å². The van der Waals surface area contributed by atoms with Crippen molar-refractivity contribution in [3.05, 3.63) is 60.2 Å². The smallest absolute Gasteiger partial charge is 0.119 e. The standard InChI is InChI=1S/C20H26N2O/c1-23-20-11-5-7-17(15-20)8-6-13-21-18-12-14-22(16-18)19-9-3-2-4-10-19/h2-5,7,9-11,15,18,21H,6,8,12-14,16H2,1H3. The Morgan fingerprint density at radius 3 is 2.83 bits per heavy atom. The van der Waals surface area contributed by atoms with Crippen molar-refractivity contribution >= 4 is 5.69 Å². The van der Waals surface area contributed by atoms with Crippen molar-refractivity contribution in [2.45, 2.75) is 25.3 Å². The number of hydrogen-bond donors (Lipinski definition) is 1. The van der Waals surface area contributed by atoms with Crippen molar-refractivity contribution < 1.29 is 4.74 Å². The summed E-state index contributed by atoms with van der Waals surface area (Å²) in [5.74, 6) is 0.949. The number of anilines is 1. The van der Waals surface area contributed by atoms with Crippen molar-refractivity contribution in [2.75, 3.05) is 31.6 Å². The molecule has 0 aromatic heterocycles. The second kappa shape index (κ2) is 8.02. The summed E-state index contributed by atoms with van der Waals surface area (Å²) < 4.78 is 5.28. The van der Waals surface area contributed by atoms with E-state index in [4.69, 9.17) is 4.74 Å². The van der Waals surface area contributed by atoms with Gasteiger partial charge in [-0.3, -0.25) is 0 Å². The minimum atomic E-state index is 0.612. The van der Waals surface area contributed by atoms with Gasteiger partial charge in [0.1, 0.15) is 5.75 Å². The second-order valence-electron chi connectivity index (χ2n) is 6.18. The highest BCUT2D eigenvalue weighted by Gasteiger charge is 2.21. The first-order valence-electron chi connectivity index (χ1n) is 8.51. The van der Waals surface area contributed by atoms with Gasteiger partial charge in [0.25, 0.3) is 0 Å². The van der Waals surface area contributed by atoms with Crippen LogP contribution in [0.3, 0.4) is 0 Å². The van der Waals surface area contributed by atoms with Gasteiger partial charge in [0.15, 0.2) is 0 Å². The molecule has 1 heterocycles. The van der Waals surface area contributed by atoms with E-state index in [-0.39, 0.29) is 0 Å². The van der Waals surface area contributed by atoms with Crippen molar-refractivity contribution in [3.63, 3.8) is 0 Å². The van der Waals surface area contributed by atoms with Gasteiger partial charge >= 0.3 is 0 Å². The number of nitrogens with one attached hydrogen (secondary N) is 1. The molecular weight excluding hydrogens is 284 g/mol. The largest absolute Gasteiger partial charge is 0.497 e. The molecular formula is C20H26N2O. The number of nitrogens with zero attached hydrogens (tertiary/aromatic N) is 1. The lowest BCUT2D eigenvalue weighted by Gasteiger charge is -2.19. The normalized spacial score (nSPS) is 17.4. The summed E-state index contributed by atoms with van der Waals surface area (Å²) in [7, 11) is 1.72. The first kappa shape index (κ1) is 15.9. The first-order valence-corrected chi connectivity index (χ1v) is 8.51. The van der Waals surface area contributed by atoms with Gasteiger partial charge in [0.2, 0.25) is 0 Å². The maximum Gasteiger partial charge on any atom is 0.119 e. The van der Waals surface area contributed by atoms with E-state index in [2.05, 4.69) is 58.7 Å². The number of para-hydroxylation sites is 1. The predicted octanol–water partition coefficient (Wildman–Crippen LogP) is 3.50. The Morgan fingerprint density at radius 2 is 2.00 bits per heavy atom. The Kier molecular flexibility index (Phi) is 5.54. The van der Waals surface area contributed by atoms with E-state index < -0.39 is 0 Å². The third kappa shape index (κ3) is 4.49. The van der Waals surface area contributed by atoms with Gasteiger partial charge in [-0.1, -0.05) is 30.3 Å². The molecule has 2 aromatic carbocycles. The SMILES string of the molecule is COc1cccc(CCCNC2CCN(c3ccccc3)C2)c1. The van der Waals surface area contributed by atoms with E-state index in [0.717, 1.165) is 38.2 Å². The molecule has 1 unspecified atom stereocenters. The van der Waals surface area contributed by atoms with Crippen LogP contribution in [0.4, 0.5) is 5.69 Å². The third-order valence-electron chi connectivity index (χ3n) is 4.52. The van der Waals surface area contributed by atoms with Crippen LogP contribution in [0.25, 0.3) is 0 Å². The first-order chi connectivity index (χ1) is 11.3. The van der Waals surface area contributed by atoms with Gasteiger partial charge in [0.05, 0.1) is 7.11 Å². The van der Waals surface area contributed by atoms with Crippen LogP contribution in [-0.4, -0.2) is 32.8 Å². The monoisotopic (exact) mass is 310 g/mol. The zero-order valence-corrected chi connectivity index (χ0v) is 13.9. The molecule has 1 saturated heterocycles. The molecule has 1 N–H and O–H groups in total. The molecule has 0 saturated carbocycles. The zero-order valence-electron chi connectivity index (χ0n) is 13.9. The molecule has 122 valence electrons.